The van der Waals surface area contributed by atoms with Crippen molar-refractivity contribution in [2.75, 3.05) is 5.32 Å². The fourth-order valence-corrected chi connectivity index (χ4v) is 3.81. The van der Waals surface area contributed by atoms with Crippen molar-refractivity contribution in [2.45, 2.75) is 59.3 Å². The number of nitrogens with zero attached hydrogens (tertiary/aromatic N) is 1. The first-order valence-electron chi connectivity index (χ1n) is 7.78. The van der Waals surface area contributed by atoms with Gasteiger partial charge in [-0.05, 0) is 45.1 Å². The highest BCUT2D eigenvalue weighted by atomic mass is 32.1. The summed E-state index contributed by atoms with van der Waals surface area (Å²) in [6.45, 7) is 5.46. The summed E-state index contributed by atoms with van der Waals surface area (Å²) in [5.41, 5.74) is 5.08. The highest BCUT2D eigenvalue weighted by molar-refractivity contribution is 7.17. The number of fused-ring (bicyclic) bond motifs is 1. The normalized spacial score (nSPS) is 13.8. The molecule has 2 amide bonds. The lowest BCUT2D eigenvalue weighted by Gasteiger charge is -2.07. The summed E-state index contributed by atoms with van der Waals surface area (Å²) >= 11 is 1.54. The van der Waals surface area contributed by atoms with Crippen LogP contribution in [0.15, 0.2) is 5.10 Å². The van der Waals surface area contributed by atoms with Gasteiger partial charge in [-0.2, -0.15) is 5.10 Å². The second-order valence-corrected chi connectivity index (χ2v) is 6.78. The molecule has 2 N–H and O–H groups in total. The SMILES string of the molecule is CCC(=O)Nc1sc2c(c1C(=O)NN=C(C)C)CCCCC2. The quantitative estimate of drug-likeness (QED) is 0.506. The molecule has 22 heavy (non-hydrogen) atoms. The maximum atomic E-state index is 12.5. The van der Waals surface area contributed by atoms with Crippen LogP contribution in [0.2, 0.25) is 0 Å². The van der Waals surface area contributed by atoms with E-state index in [1.54, 1.807) is 18.3 Å². The van der Waals surface area contributed by atoms with Crippen LogP contribution >= 0.6 is 11.3 Å². The molecule has 0 spiro atoms. The van der Waals surface area contributed by atoms with Crippen LogP contribution in [0.1, 0.15) is 67.3 Å². The Morgan fingerprint density at radius 1 is 1.18 bits per heavy atom. The molecule has 0 fully saturated rings. The molecule has 0 bridgehead atoms. The fraction of sp³-hybridized carbons (Fsp3) is 0.562. The van der Waals surface area contributed by atoms with Gasteiger partial charge in [-0.25, -0.2) is 5.43 Å². The second kappa shape index (κ2) is 7.54. The molecule has 120 valence electrons. The van der Waals surface area contributed by atoms with Crippen molar-refractivity contribution in [1.29, 1.82) is 0 Å². The van der Waals surface area contributed by atoms with Gasteiger partial charge in [-0.3, -0.25) is 9.59 Å². The summed E-state index contributed by atoms with van der Waals surface area (Å²) in [5, 5.41) is 7.55. The maximum absolute atomic E-state index is 12.5. The Kier molecular flexibility index (Phi) is 5.71. The molecule has 0 radical (unpaired) electrons. The number of anilines is 1. The van der Waals surface area contributed by atoms with Gasteiger partial charge in [0.1, 0.15) is 5.00 Å². The van der Waals surface area contributed by atoms with Crippen LogP contribution in [0.25, 0.3) is 0 Å². The van der Waals surface area contributed by atoms with E-state index in [1.165, 1.54) is 11.3 Å². The number of nitrogens with one attached hydrogen (secondary N) is 2. The van der Waals surface area contributed by atoms with Gasteiger partial charge in [0.15, 0.2) is 0 Å². The van der Waals surface area contributed by atoms with Crippen molar-refractivity contribution in [2.24, 2.45) is 5.10 Å². The number of amides is 2. The lowest BCUT2D eigenvalue weighted by Crippen LogP contribution is -2.21. The summed E-state index contributed by atoms with van der Waals surface area (Å²) in [6.07, 6.45) is 5.69. The number of hydrazone groups is 1. The Morgan fingerprint density at radius 2 is 1.91 bits per heavy atom. The van der Waals surface area contributed by atoms with E-state index in [-0.39, 0.29) is 11.8 Å². The van der Waals surface area contributed by atoms with E-state index < -0.39 is 0 Å². The first-order valence-corrected chi connectivity index (χ1v) is 8.60. The van der Waals surface area contributed by atoms with Crippen LogP contribution in [-0.2, 0) is 17.6 Å². The molecule has 6 heteroatoms. The van der Waals surface area contributed by atoms with Crippen LogP contribution in [0.5, 0.6) is 0 Å². The lowest BCUT2D eigenvalue weighted by molar-refractivity contribution is -0.115. The molecular weight excluding hydrogens is 298 g/mol. The van der Waals surface area contributed by atoms with E-state index in [0.29, 0.717) is 17.0 Å². The Balaban J connectivity index is 2.38. The van der Waals surface area contributed by atoms with Crippen molar-refractivity contribution in [3.63, 3.8) is 0 Å². The average Bonchev–Trinajstić information content (AvgIpc) is 2.66. The van der Waals surface area contributed by atoms with Crippen LogP contribution in [0, 0.1) is 0 Å². The monoisotopic (exact) mass is 321 g/mol. The van der Waals surface area contributed by atoms with E-state index in [4.69, 9.17) is 0 Å². The fourth-order valence-electron chi connectivity index (χ4n) is 2.50. The van der Waals surface area contributed by atoms with Crippen LogP contribution < -0.4 is 10.7 Å². The van der Waals surface area contributed by atoms with E-state index in [1.807, 2.05) is 13.8 Å². The summed E-state index contributed by atoms with van der Waals surface area (Å²) in [4.78, 5) is 25.5. The Bertz CT molecular complexity index is 601. The molecule has 0 saturated carbocycles. The first kappa shape index (κ1) is 16.7. The van der Waals surface area contributed by atoms with Gasteiger partial charge >= 0.3 is 0 Å². The van der Waals surface area contributed by atoms with Gasteiger partial charge in [0.25, 0.3) is 5.91 Å². The van der Waals surface area contributed by atoms with Crippen molar-refractivity contribution in [1.82, 2.24) is 5.43 Å². The predicted molar refractivity (Wildman–Crippen MR) is 90.7 cm³/mol. The molecule has 2 rings (SSSR count). The minimum atomic E-state index is -0.230. The third-order valence-corrected chi connectivity index (χ3v) is 4.81. The van der Waals surface area contributed by atoms with E-state index >= 15 is 0 Å². The average molecular weight is 321 g/mol. The third-order valence-electron chi connectivity index (χ3n) is 3.60. The number of carbonyl (C=O) groups is 2. The van der Waals surface area contributed by atoms with Crippen LogP contribution in [0.4, 0.5) is 5.00 Å². The summed E-state index contributed by atoms with van der Waals surface area (Å²) < 4.78 is 0. The van der Waals surface area contributed by atoms with Crippen molar-refractivity contribution in [3.8, 4) is 0 Å². The highest BCUT2D eigenvalue weighted by Crippen LogP contribution is 2.37. The third kappa shape index (κ3) is 3.94. The molecule has 5 nitrogen and oxygen atoms in total. The summed E-state index contributed by atoms with van der Waals surface area (Å²) in [5.74, 6) is -0.298. The largest absolute Gasteiger partial charge is 0.317 e. The summed E-state index contributed by atoms with van der Waals surface area (Å²) in [6, 6.07) is 0. The molecule has 1 aliphatic carbocycles. The zero-order chi connectivity index (χ0) is 16.1. The Labute approximate surface area is 135 Å². The number of thiophene rings is 1. The number of rotatable bonds is 4. The molecular formula is C16H23N3O2S. The predicted octanol–water partition coefficient (Wildman–Crippen LogP) is 3.49. The van der Waals surface area contributed by atoms with Gasteiger partial charge in [-0.15, -0.1) is 11.3 Å². The number of carbonyl (C=O) groups excluding carboxylic acids is 2. The molecule has 0 unspecified atom stereocenters. The minimum absolute atomic E-state index is 0.0689. The Morgan fingerprint density at radius 3 is 2.59 bits per heavy atom. The van der Waals surface area contributed by atoms with Gasteiger partial charge < -0.3 is 5.32 Å². The molecule has 0 saturated heterocycles. The van der Waals surface area contributed by atoms with Crippen molar-refractivity contribution >= 4 is 33.9 Å². The van der Waals surface area contributed by atoms with Gasteiger partial charge in [0.2, 0.25) is 5.91 Å². The molecule has 1 aromatic rings. The lowest BCUT2D eigenvalue weighted by atomic mass is 10.1. The molecule has 0 aliphatic heterocycles. The standard InChI is InChI=1S/C16H23N3O2S/c1-4-13(20)17-16-14(15(21)19-18-10(2)3)11-8-6-5-7-9-12(11)22-16/h4-9H2,1-3H3,(H,17,20)(H,19,21). The number of hydrogen-bond donors (Lipinski definition) is 2. The van der Waals surface area contributed by atoms with Gasteiger partial charge in [0.05, 0.1) is 5.56 Å². The molecule has 1 aromatic heterocycles. The van der Waals surface area contributed by atoms with Gasteiger partial charge in [0, 0.05) is 17.0 Å². The molecule has 0 aromatic carbocycles. The zero-order valence-corrected chi connectivity index (χ0v) is 14.2. The van der Waals surface area contributed by atoms with Crippen LogP contribution in [0.3, 0.4) is 0 Å². The topological polar surface area (TPSA) is 70.6 Å². The van der Waals surface area contributed by atoms with Crippen LogP contribution in [-0.4, -0.2) is 17.5 Å². The second-order valence-electron chi connectivity index (χ2n) is 5.67. The highest BCUT2D eigenvalue weighted by Gasteiger charge is 2.25. The van der Waals surface area contributed by atoms with Crippen molar-refractivity contribution in [3.05, 3.63) is 16.0 Å². The number of hydrogen-bond acceptors (Lipinski definition) is 4. The van der Waals surface area contributed by atoms with Gasteiger partial charge in [-0.1, -0.05) is 13.3 Å². The smallest absolute Gasteiger partial charge is 0.274 e. The van der Waals surface area contributed by atoms with E-state index in [2.05, 4.69) is 15.8 Å². The molecule has 0 atom stereocenters. The molecule has 1 heterocycles. The zero-order valence-electron chi connectivity index (χ0n) is 13.4. The maximum Gasteiger partial charge on any atom is 0.274 e. The molecule has 1 aliphatic rings. The minimum Gasteiger partial charge on any atom is -0.317 e. The summed E-state index contributed by atoms with van der Waals surface area (Å²) in [7, 11) is 0. The van der Waals surface area contributed by atoms with E-state index in [0.717, 1.165) is 37.0 Å². The Hall–Kier alpha value is -1.69. The van der Waals surface area contributed by atoms with E-state index in [9.17, 15) is 9.59 Å². The van der Waals surface area contributed by atoms with Crippen molar-refractivity contribution < 1.29 is 9.59 Å². The first-order chi connectivity index (χ1) is 10.5. The number of aryl methyl sites for hydroxylation is 1.